The number of ether oxygens (including phenoxy) is 2. The lowest BCUT2D eigenvalue weighted by Crippen LogP contribution is -2.70. The van der Waals surface area contributed by atoms with E-state index < -0.39 is 29.4 Å². The predicted octanol–water partition coefficient (Wildman–Crippen LogP) is 5.53. The molecule has 6 rings (SSSR count). The zero-order chi connectivity index (χ0) is 30.5. The van der Waals surface area contributed by atoms with E-state index in [4.69, 9.17) is 9.47 Å². The summed E-state index contributed by atoms with van der Waals surface area (Å²) in [6.07, 6.45) is 3.08. The molecule has 3 heterocycles. The maximum absolute atomic E-state index is 14.1. The van der Waals surface area contributed by atoms with Gasteiger partial charge in [0.1, 0.15) is 22.9 Å². The van der Waals surface area contributed by atoms with Gasteiger partial charge in [-0.15, -0.1) is 23.1 Å². The molecule has 222 valence electrons. The average molecular weight is 624 g/mol. The topological polar surface area (TPSA) is 97.8 Å². The number of benzene rings is 3. The van der Waals surface area contributed by atoms with Gasteiger partial charge in [0.25, 0.3) is 11.8 Å². The molecule has 1 unspecified atom stereocenters. The molecule has 0 radical (unpaired) electrons. The van der Waals surface area contributed by atoms with Crippen molar-refractivity contribution in [3.8, 4) is 5.75 Å². The maximum atomic E-state index is 14.1. The summed E-state index contributed by atoms with van der Waals surface area (Å²) in [5.74, 6) is -0.401. The van der Waals surface area contributed by atoms with Gasteiger partial charge in [0.2, 0.25) is 0 Å². The van der Waals surface area contributed by atoms with Crippen molar-refractivity contribution in [2.24, 2.45) is 0 Å². The first-order valence-corrected chi connectivity index (χ1v) is 16.0. The molecule has 0 spiro atoms. The Balaban J connectivity index is 1.26. The number of esters is 1. The van der Waals surface area contributed by atoms with Crippen LogP contribution in [0.15, 0.2) is 114 Å². The van der Waals surface area contributed by atoms with Gasteiger partial charge in [0.05, 0.1) is 11.2 Å². The van der Waals surface area contributed by atoms with Crippen molar-refractivity contribution in [3.63, 3.8) is 0 Å². The molecule has 2 aliphatic heterocycles. The van der Waals surface area contributed by atoms with Crippen molar-refractivity contribution in [1.82, 2.24) is 15.2 Å². The van der Waals surface area contributed by atoms with Crippen molar-refractivity contribution in [2.75, 3.05) is 12.4 Å². The SMILES string of the molecule is Cc1ncsc1C=CC1=C(C(=O)OC(c2ccccc2)c2ccccc2)N2C(=O)C(NC(=O)COc3ccccc3)[C@H]2SC1. The fourth-order valence-corrected chi connectivity index (χ4v) is 7.05. The zero-order valence-electron chi connectivity index (χ0n) is 23.8. The van der Waals surface area contributed by atoms with Crippen LogP contribution < -0.4 is 10.1 Å². The molecule has 1 saturated heterocycles. The van der Waals surface area contributed by atoms with Crippen molar-refractivity contribution in [3.05, 3.63) is 136 Å². The second kappa shape index (κ2) is 13.3. The summed E-state index contributed by atoms with van der Waals surface area (Å²) in [4.78, 5) is 47.1. The van der Waals surface area contributed by atoms with E-state index >= 15 is 0 Å². The number of amides is 2. The Bertz CT molecular complexity index is 1670. The number of para-hydroxylation sites is 1. The smallest absolute Gasteiger partial charge is 0.356 e. The Morgan fingerprint density at radius 2 is 1.61 bits per heavy atom. The van der Waals surface area contributed by atoms with Crippen LogP contribution in [0.3, 0.4) is 0 Å². The van der Waals surface area contributed by atoms with Gasteiger partial charge in [0, 0.05) is 10.6 Å². The third-order valence-electron chi connectivity index (χ3n) is 7.27. The molecule has 2 atom stereocenters. The van der Waals surface area contributed by atoms with E-state index in [9.17, 15) is 14.4 Å². The molecule has 4 aromatic rings. The summed E-state index contributed by atoms with van der Waals surface area (Å²) in [5.41, 5.74) is 5.11. The number of thiazole rings is 1. The molecule has 1 fully saturated rings. The number of hydrogen-bond donors (Lipinski definition) is 1. The van der Waals surface area contributed by atoms with Gasteiger partial charge >= 0.3 is 5.97 Å². The highest BCUT2D eigenvalue weighted by atomic mass is 32.2. The lowest BCUT2D eigenvalue weighted by atomic mass is 10.0. The molecular formula is C34H29N3O5S2. The van der Waals surface area contributed by atoms with E-state index in [1.807, 2.05) is 97.9 Å². The summed E-state index contributed by atoms with van der Waals surface area (Å²) in [6.45, 7) is 1.69. The van der Waals surface area contributed by atoms with Crippen LogP contribution in [0, 0.1) is 6.92 Å². The molecule has 0 saturated carbocycles. The quantitative estimate of drug-likeness (QED) is 0.183. The third kappa shape index (κ3) is 6.31. The molecule has 8 nitrogen and oxygen atoms in total. The highest BCUT2D eigenvalue weighted by Gasteiger charge is 2.54. The molecule has 0 aliphatic carbocycles. The highest BCUT2D eigenvalue weighted by molar-refractivity contribution is 8.00. The highest BCUT2D eigenvalue weighted by Crippen LogP contribution is 2.42. The minimum absolute atomic E-state index is 0.181. The van der Waals surface area contributed by atoms with Crippen LogP contribution >= 0.6 is 23.1 Å². The number of carbonyl (C=O) groups excluding carboxylic acids is 3. The lowest BCUT2D eigenvalue weighted by Gasteiger charge is -2.49. The van der Waals surface area contributed by atoms with Crippen molar-refractivity contribution >= 4 is 47.0 Å². The van der Waals surface area contributed by atoms with Gasteiger partial charge in [0.15, 0.2) is 12.7 Å². The van der Waals surface area contributed by atoms with Gasteiger partial charge in [-0.3, -0.25) is 14.5 Å². The van der Waals surface area contributed by atoms with Gasteiger partial charge in [-0.2, -0.15) is 0 Å². The van der Waals surface area contributed by atoms with Crippen LogP contribution in [-0.4, -0.2) is 51.4 Å². The van der Waals surface area contributed by atoms with Crippen LogP contribution in [0.4, 0.5) is 0 Å². The number of fused-ring (bicyclic) bond motifs is 1. The number of carbonyl (C=O) groups is 3. The van der Waals surface area contributed by atoms with Gasteiger partial charge < -0.3 is 14.8 Å². The normalized spacial score (nSPS) is 17.8. The van der Waals surface area contributed by atoms with E-state index in [2.05, 4.69) is 10.3 Å². The van der Waals surface area contributed by atoms with Crippen molar-refractivity contribution in [2.45, 2.75) is 24.4 Å². The van der Waals surface area contributed by atoms with E-state index in [1.54, 1.807) is 17.6 Å². The molecule has 2 aliphatic rings. The van der Waals surface area contributed by atoms with Crippen LogP contribution in [0.1, 0.15) is 27.8 Å². The molecule has 1 N–H and O–H groups in total. The predicted molar refractivity (Wildman–Crippen MR) is 171 cm³/mol. The third-order valence-corrected chi connectivity index (χ3v) is 9.47. The summed E-state index contributed by atoms with van der Waals surface area (Å²) in [7, 11) is 0. The summed E-state index contributed by atoms with van der Waals surface area (Å²) in [6, 6.07) is 27.2. The summed E-state index contributed by atoms with van der Waals surface area (Å²) in [5, 5.41) is 2.33. The number of nitrogens with one attached hydrogen (secondary N) is 1. The number of β-lactam (4-membered cyclic amide) rings is 1. The van der Waals surface area contributed by atoms with Crippen molar-refractivity contribution < 1.29 is 23.9 Å². The number of aromatic nitrogens is 1. The number of hydrogen-bond acceptors (Lipinski definition) is 8. The Hall–Kier alpha value is -4.67. The summed E-state index contributed by atoms with van der Waals surface area (Å²) >= 11 is 2.98. The molecule has 10 heteroatoms. The first kappa shape index (κ1) is 29.4. The van der Waals surface area contributed by atoms with Crippen LogP contribution in [-0.2, 0) is 19.1 Å². The van der Waals surface area contributed by atoms with E-state index in [-0.39, 0.29) is 18.2 Å². The average Bonchev–Trinajstić information content (AvgIpc) is 3.49. The van der Waals surface area contributed by atoms with Crippen LogP contribution in [0.2, 0.25) is 0 Å². The van der Waals surface area contributed by atoms with Gasteiger partial charge in [-0.25, -0.2) is 9.78 Å². The minimum Gasteiger partial charge on any atom is -0.484 e. The van der Waals surface area contributed by atoms with Crippen molar-refractivity contribution in [1.29, 1.82) is 0 Å². The molecule has 0 bridgehead atoms. The van der Waals surface area contributed by atoms with Gasteiger partial charge in [-0.05, 0) is 41.8 Å². The molecule has 2 amide bonds. The monoisotopic (exact) mass is 623 g/mol. The second-order valence-electron chi connectivity index (χ2n) is 10.2. The second-order valence-corrected chi connectivity index (χ2v) is 12.2. The van der Waals surface area contributed by atoms with E-state index in [1.165, 1.54) is 28.0 Å². The first-order chi connectivity index (χ1) is 21.5. The van der Waals surface area contributed by atoms with Crippen LogP contribution in [0.5, 0.6) is 5.75 Å². The Morgan fingerprint density at radius 1 is 0.977 bits per heavy atom. The number of allylic oxidation sites excluding steroid dienone is 1. The number of rotatable bonds is 10. The zero-order valence-corrected chi connectivity index (χ0v) is 25.4. The van der Waals surface area contributed by atoms with Crippen LogP contribution in [0.25, 0.3) is 6.08 Å². The molecule has 3 aromatic carbocycles. The molecule has 1 aromatic heterocycles. The Morgan fingerprint density at radius 3 is 2.23 bits per heavy atom. The first-order valence-electron chi connectivity index (χ1n) is 14.0. The fourth-order valence-electron chi connectivity index (χ4n) is 5.04. The molecular weight excluding hydrogens is 595 g/mol. The number of nitrogens with zero attached hydrogens (tertiary/aromatic N) is 2. The molecule has 44 heavy (non-hydrogen) atoms. The van der Waals surface area contributed by atoms with E-state index in [0.29, 0.717) is 17.1 Å². The van der Waals surface area contributed by atoms with E-state index in [0.717, 1.165) is 21.7 Å². The fraction of sp³-hybridized carbons (Fsp3) is 0.176. The Kier molecular flexibility index (Phi) is 8.90. The number of thioether (sulfide) groups is 1. The Labute approximate surface area is 263 Å². The number of aryl methyl sites for hydroxylation is 1. The standard InChI is InChI=1S/C34H29N3O5S2/c1-22-27(44-21-35-22)18-17-25-20-43-33-29(36-28(38)19-41-26-15-9-4-10-16-26)32(39)37(33)30(25)34(40)42-31(23-11-5-2-6-12-23)24-13-7-3-8-14-24/h2-18,21,29,31,33H,19-20H2,1H3,(H,36,38)/t29?,33-/m1/s1. The van der Waals surface area contributed by atoms with Gasteiger partial charge in [-0.1, -0.05) is 84.9 Å². The largest absolute Gasteiger partial charge is 0.484 e. The maximum Gasteiger partial charge on any atom is 0.356 e. The lowest BCUT2D eigenvalue weighted by molar-refractivity contribution is -0.154. The minimum atomic E-state index is -0.789. The summed E-state index contributed by atoms with van der Waals surface area (Å²) < 4.78 is 11.8.